The number of carbonyl (C=O) groups excluding carboxylic acids is 1. The minimum absolute atomic E-state index is 0.219. The van der Waals surface area contributed by atoms with Gasteiger partial charge in [-0.2, -0.15) is 11.8 Å². The van der Waals surface area contributed by atoms with Gasteiger partial charge in [0, 0.05) is 28.4 Å². The first-order valence-electron chi connectivity index (χ1n) is 3.19. The summed E-state index contributed by atoms with van der Waals surface area (Å²) in [7, 11) is 0. The highest BCUT2D eigenvalue weighted by Crippen LogP contribution is 1.92. The lowest BCUT2D eigenvalue weighted by Crippen LogP contribution is -2.22. The Bertz CT molecular complexity index is 173. The summed E-state index contributed by atoms with van der Waals surface area (Å²) in [5.74, 6) is 3.18. The summed E-state index contributed by atoms with van der Waals surface area (Å²) < 4.78 is 0. The van der Waals surface area contributed by atoms with Gasteiger partial charge in [-0.05, 0) is 23.3 Å². The van der Waals surface area contributed by atoms with Crippen molar-refractivity contribution in [2.45, 2.75) is 6.42 Å². The number of hydrogen-bond donors (Lipinski definition) is 1. The molecule has 0 radical (unpaired) electrons. The van der Waals surface area contributed by atoms with E-state index in [-0.39, 0.29) is 5.91 Å². The van der Waals surface area contributed by atoms with Crippen LogP contribution in [0.2, 0.25) is 0 Å². The lowest BCUT2D eigenvalue weighted by molar-refractivity contribution is -0.115. The third-order valence-corrected chi connectivity index (χ3v) is 1.87. The van der Waals surface area contributed by atoms with Gasteiger partial charge < -0.3 is 5.32 Å². The number of rotatable bonds is 4. The highest BCUT2D eigenvalue weighted by atomic mass is 79.9. The van der Waals surface area contributed by atoms with Crippen molar-refractivity contribution in [3.05, 3.63) is 0 Å². The lowest BCUT2D eigenvalue weighted by atomic mass is 10.4. The van der Waals surface area contributed by atoms with E-state index in [1.807, 2.05) is 6.26 Å². The quantitative estimate of drug-likeness (QED) is 0.587. The van der Waals surface area contributed by atoms with Crippen molar-refractivity contribution in [2.75, 3.05) is 18.6 Å². The molecule has 0 saturated heterocycles. The van der Waals surface area contributed by atoms with Crippen molar-refractivity contribution in [3.63, 3.8) is 0 Å². The normalized spacial score (nSPS) is 8.18. The summed E-state index contributed by atoms with van der Waals surface area (Å²) in [6, 6.07) is 0. The molecular weight excluding hydrogens is 226 g/mol. The Morgan fingerprint density at radius 2 is 2.45 bits per heavy atom. The fourth-order valence-electron chi connectivity index (χ4n) is 0.506. The lowest BCUT2D eigenvalue weighted by Gasteiger charge is -1.97. The maximum Gasteiger partial charge on any atom is 0.296 e. The van der Waals surface area contributed by atoms with Gasteiger partial charge in [0.05, 0.1) is 0 Å². The minimum Gasteiger partial charge on any atom is -0.345 e. The highest BCUT2D eigenvalue weighted by molar-refractivity contribution is 9.12. The van der Waals surface area contributed by atoms with E-state index < -0.39 is 0 Å². The van der Waals surface area contributed by atoms with Crippen LogP contribution >= 0.6 is 27.7 Å². The molecule has 0 saturated carbocycles. The topological polar surface area (TPSA) is 29.1 Å². The van der Waals surface area contributed by atoms with Gasteiger partial charge in [-0.3, -0.25) is 4.79 Å². The Balaban J connectivity index is 3.22. The fraction of sp³-hybridized carbons (Fsp3) is 0.571. The molecule has 62 valence electrons. The van der Waals surface area contributed by atoms with E-state index in [0.29, 0.717) is 6.54 Å². The Labute approximate surface area is 79.6 Å². The number of thioether (sulfide) groups is 1. The van der Waals surface area contributed by atoms with Crippen LogP contribution in [0.5, 0.6) is 0 Å². The second-order valence-electron chi connectivity index (χ2n) is 1.82. The first-order chi connectivity index (χ1) is 5.31. The summed E-state index contributed by atoms with van der Waals surface area (Å²) in [5, 5.41) is 2.66. The molecule has 1 amide bonds. The average molecular weight is 236 g/mol. The van der Waals surface area contributed by atoms with Crippen molar-refractivity contribution in [3.8, 4) is 10.8 Å². The van der Waals surface area contributed by atoms with Crippen molar-refractivity contribution in [1.82, 2.24) is 5.32 Å². The molecular formula is C7H10BrNOS. The second-order valence-corrected chi connectivity index (χ2v) is 3.20. The molecule has 0 heterocycles. The van der Waals surface area contributed by atoms with Gasteiger partial charge in [-0.15, -0.1) is 0 Å². The van der Waals surface area contributed by atoms with Crippen LogP contribution in [0, 0.1) is 10.8 Å². The standard InChI is InChI=1S/C7H10BrNOS/c1-11-6-2-5-9-7(10)3-4-8/h2,5-6H2,1H3,(H,9,10). The van der Waals surface area contributed by atoms with Crippen LogP contribution in [0.4, 0.5) is 0 Å². The number of hydrogen-bond acceptors (Lipinski definition) is 2. The van der Waals surface area contributed by atoms with Gasteiger partial charge in [0.1, 0.15) is 0 Å². The van der Waals surface area contributed by atoms with Crippen molar-refractivity contribution in [1.29, 1.82) is 0 Å². The van der Waals surface area contributed by atoms with Gasteiger partial charge in [0.2, 0.25) is 0 Å². The average Bonchev–Trinajstić information content (AvgIpc) is 1.99. The zero-order valence-corrected chi connectivity index (χ0v) is 8.72. The minimum atomic E-state index is -0.219. The van der Waals surface area contributed by atoms with Gasteiger partial charge in [0.15, 0.2) is 0 Å². The van der Waals surface area contributed by atoms with Gasteiger partial charge >= 0.3 is 0 Å². The zero-order chi connectivity index (χ0) is 8.53. The van der Waals surface area contributed by atoms with E-state index in [1.165, 1.54) is 0 Å². The van der Waals surface area contributed by atoms with Crippen LogP contribution in [0.3, 0.4) is 0 Å². The first kappa shape index (κ1) is 10.9. The Morgan fingerprint density at radius 1 is 1.73 bits per heavy atom. The molecule has 0 unspecified atom stereocenters. The summed E-state index contributed by atoms with van der Waals surface area (Å²) in [5.41, 5.74) is 0. The molecule has 11 heavy (non-hydrogen) atoms. The van der Waals surface area contributed by atoms with E-state index in [9.17, 15) is 4.79 Å². The second kappa shape index (κ2) is 7.96. The predicted octanol–water partition coefficient (Wildman–Crippen LogP) is 1.21. The van der Waals surface area contributed by atoms with Crippen LogP contribution in [-0.2, 0) is 4.79 Å². The molecule has 0 aromatic carbocycles. The monoisotopic (exact) mass is 235 g/mol. The molecule has 0 rings (SSSR count). The maximum absolute atomic E-state index is 10.7. The number of carbonyl (C=O) groups is 1. The van der Waals surface area contributed by atoms with Gasteiger partial charge in [-0.1, -0.05) is 0 Å². The van der Waals surface area contributed by atoms with Gasteiger partial charge in [-0.25, -0.2) is 0 Å². The van der Waals surface area contributed by atoms with E-state index >= 15 is 0 Å². The molecule has 0 aromatic heterocycles. The van der Waals surface area contributed by atoms with Crippen LogP contribution in [0.25, 0.3) is 0 Å². The summed E-state index contributed by atoms with van der Waals surface area (Å²) in [4.78, 5) is 13.0. The van der Waals surface area contributed by atoms with E-state index in [4.69, 9.17) is 0 Å². The van der Waals surface area contributed by atoms with E-state index in [0.717, 1.165) is 12.2 Å². The molecule has 0 fully saturated rings. The SMILES string of the molecule is CSCCCNC(=O)C#CBr. The highest BCUT2D eigenvalue weighted by Gasteiger charge is 1.92. The van der Waals surface area contributed by atoms with Crippen LogP contribution in [0.1, 0.15) is 6.42 Å². The molecule has 0 aromatic rings. The van der Waals surface area contributed by atoms with Crippen LogP contribution < -0.4 is 5.32 Å². The first-order valence-corrected chi connectivity index (χ1v) is 5.38. The number of nitrogens with one attached hydrogen (secondary N) is 1. The summed E-state index contributed by atoms with van der Waals surface area (Å²) in [6.07, 6.45) is 3.04. The molecule has 0 bridgehead atoms. The Kier molecular flexibility index (Phi) is 7.86. The third-order valence-electron chi connectivity index (χ3n) is 0.972. The molecule has 1 N–H and O–H groups in total. The van der Waals surface area contributed by atoms with E-state index in [1.54, 1.807) is 11.8 Å². The maximum atomic E-state index is 10.7. The molecule has 0 atom stereocenters. The van der Waals surface area contributed by atoms with Crippen molar-refractivity contribution < 1.29 is 4.79 Å². The summed E-state index contributed by atoms with van der Waals surface area (Å²) in [6.45, 7) is 0.710. The number of halogens is 1. The third kappa shape index (κ3) is 7.76. The van der Waals surface area contributed by atoms with Crippen LogP contribution in [0.15, 0.2) is 0 Å². The zero-order valence-electron chi connectivity index (χ0n) is 6.32. The smallest absolute Gasteiger partial charge is 0.296 e. The van der Waals surface area contributed by atoms with Crippen LogP contribution in [-0.4, -0.2) is 24.5 Å². The predicted molar refractivity (Wildman–Crippen MR) is 52.7 cm³/mol. The Morgan fingerprint density at radius 3 is 3.00 bits per heavy atom. The van der Waals surface area contributed by atoms with Gasteiger partial charge in [0.25, 0.3) is 5.91 Å². The molecule has 0 aliphatic heterocycles. The molecule has 4 heteroatoms. The summed E-state index contributed by atoms with van der Waals surface area (Å²) >= 11 is 4.62. The number of amides is 1. The van der Waals surface area contributed by atoms with Crippen molar-refractivity contribution >= 4 is 33.6 Å². The molecule has 0 aliphatic carbocycles. The fourth-order valence-corrected chi connectivity index (χ4v) is 1.12. The molecule has 0 aliphatic rings. The van der Waals surface area contributed by atoms with E-state index in [2.05, 4.69) is 32.0 Å². The molecule has 0 spiro atoms. The largest absolute Gasteiger partial charge is 0.345 e. The Hall–Kier alpha value is -0.140. The van der Waals surface area contributed by atoms with Crippen molar-refractivity contribution in [2.24, 2.45) is 0 Å². The molecule has 2 nitrogen and oxygen atoms in total.